The Hall–Kier alpha value is -1.91. The molecule has 7 heteroatoms. The van der Waals surface area contributed by atoms with Crippen molar-refractivity contribution in [3.05, 3.63) is 97.9 Å². The molecule has 31 heavy (non-hydrogen) atoms. The molecule has 160 valence electrons. The maximum absolute atomic E-state index is 13.1. The summed E-state index contributed by atoms with van der Waals surface area (Å²) < 4.78 is 0. The van der Waals surface area contributed by atoms with Crippen LogP contribution < -0.4 is 4.90 Å². The Morgan fingerprint density at radius 1 is 0.839 bits per heavy atom. The zero-order valence-electron chi connectivity index (χ0n) is 16.6. The minimum atomic E-state index is -0.0620. The van der Waals surface area contributed by atoms with Gasteiger partial charge in [-0.2, -0.15) is 0 Å². The van der Waals surface area contributed by atoms with Crippen LogP contribution in [-0.2, 0) is 11.2 Å². The fourth-order valence-electron chi connectivity index (χ4n) is 3.92. The van der Waals surface area contributed by atoms with Crippen LogP contribution in [0.15, 0.2) is 66.7 Å². The second kappa shape index (κ2) is 9.70. The first-order valence-electron chi connectivity index (χ1n) is 9.90. The van der Waals surface area contributed by atoms with E-state index in [9.17, 15) is 4.79 Å². The van der Waals surface area contributed by atoms with E-state index in [2.05, 4.69) is 4.90 Å². The van der Waals surface area contributed by atoms with Crippen LogP contribution in [0.4, 0.5) is 5.69 Å². The van der Waals surface area contributed by atoms with Crippen LogP contribution >= 0.6 is 46.4 Å². The van der Waals surface area contributed by atoms with Crippen molar-refractivity contribution < 1.29 is 4.79 Å². The zero-order valence-corrected chi connectivity index (χ0v) is 19.6. The molecular weight excluding hydrogens is 474 g/mol. The largest absolute Gasteiger partial charge is 0.360 e. The fourth-order valence-corrected chi connectivity index (χ4v) is 4.77. The van der Waals surface area contributed by atoms with Gasteiger partial charge in [0.1, 0.15) is 0 Å². The second-order valence-electron chi connectivity index (χ2n) is 7.50. The van der Waals surface area contributed by atoms with Gasteiger partial charge in [-0.15, -0.1) is 0 Å². The number of carbonyl (C=O) groups is 1. The molecule has 1 aliphatic heterocycles. The van der Waals surface area contributed by atoms with E-state index in [1.807, 2.05) is 59.5 Å². The van der Waals surface area contributed by atoms with Gasteiger partial charge in [0.25, 0.3) is 0 Å². The Morgan fingerprint density at radius 2 is 1.55 bits per heavy atom. The van der Waals surface area contributed by atoms with E-state index in [-0.39, 0.29) is 11.9 Å². The van der Waals surface area contributed by atoms with Gasteiger partial charge in [0.2, 0.25) is 5.91 Å². The summed E-state index contributed by atoms with van der Waals surface area (Å²) in [5.74, 6) is 0.0723. The van der Waals surface area contributed by atoms with E-state index in [4.69, 9.17) is 46.4 Å². The minimum absolute atomic E-state index is 0.0620. The molecule has 1 saturated heterocycles. The Balaban J connectivity index is 1.60. The first kappa shape index (κ1) is 22.3. The highest BCUT2D eigenvalue weighted by molar-refractivity contribution is 6.36. The van der Waals surface area contributed by atoms with Gasteiger partial charge in [0, 0.05) is 34.7 Å². The molecule has 0 unspecified atom stereocenters. The lowest BCUT2D eigenvalue weighted by molar-refractivity contribution is -0.131. The molecule has 0 bridgehead atoms. The summed E-state index contributed by atoms with van der Waals surface area (Å²) in [6, 6.07) is 20.6. The maximum atomic E-state index is 13.1. The molecule has 1 fully saturated rings. The number of halogens is 4. The molecule has 0 aliphatic carbocycles. The molecule has 3 nitrogen and oxygen atoms in total. The molecule has 3 aromatic carbocycles. The van der Waals surface area contributed by atoms with Gasteiger partial charge in [0.05, 0.1) is 23.2 Å². The van der Waals surface area contributed by atoms with Crippen molar-refractivity contribution in [2.24, 2.45) is 0 Å². The topological polar surface area (TPSA) is 23.6 Å². The second-order valence-corrected chi connectivity index (χ2v) is 9.22. The summed E-state index contributed by atoms with van der Waals surface area (Å²) in [7, 11) is 0. The van der Waals surface area contributed by atoms with Gasteiger partial charge in [-0.05, 0) is 53.6 Å². The number of benzene rings is 3. The Bertz CT molecular complexity index is 1090. The van der Waals surface area contributed by atoms with Crippen LogP contribution in [0.5, 0.6) is 0 Å². The first-order valence-corrected chi connectivity index (χ1v) is 11.4. The van der Waals surface area contributed by atoms with Crippen molar-refractivity contribution in [2.75, 3.05) is 24.5 Å². The lowest BCUT2D eigenvalue weighted by Gasteiger charge is -2.43. The van der Waals surface area contributed by atoms with Gasteiger partial charge in [-0.25, -0.2) is 0 Å². The highest BCUT2D eigenvalue weighted by Gasteiger charge is 2.31. The monoisotopic (exact) mass is 492 g/mol. The molecule has 3 aromatic rings. The average Bonchev–Trinajstić information content (AvgIpc) is 2.74. The molecule has 0 N–H and O–H groups in total. The van der Waals surface area contributed by atoms with Crippen LogP contribution in [0.1, 0.15) is 17.2 Å². The van der Waals surface area contributed by atoms with Gasteiger partial charge in [0.15, 0.2) is 0 Å². The Morgan fingerprint density at radius 3 is 2.26 bits per heavy atom. The highest BCUT2D eigenvalue weighted by atomic mass is 35.5. The van der Waals surface area contributed by atoms with E-state index >= 15 is 0 Å². The van der Waals surface area contributed by atoms with Crippen LogP contribution in [0.25, 0.3) is 0 Å². The van der Waals surface area contributed by atoms with Crippen molar-refractivity contribution in [2.45, 2.75) is 12.5 Å². The summed E-state index contributed by atoms with van der Waals surface area (Å²) >= 11 is 24.8. The maximum Gasteiger partial charge on any atom is 0.227 e. The van der Waals surface area contributed by atoms with Crippen molar-refractivity contribution in [1.82, 2.24) is 4.90 Å². The number of anilines is 1. The van der Waals surface area contributed by atoms with E-state index < -0.39 is 0 Å². The van der Waals surface area contributed by atoms with Gasteiger partial charge in [-0.1, -0.05) is 70.7 Å². The number of hydrogen-bond acceptors (Lipinski definition) is 2. The Labute approximate surface area is 202 Å². The van der Waals surface area contributed by atoms with E-state index in [0.29, 0.717) is 46.1 Å². The zero-order chi connectivity index (χ0) is 22.0. The molecular formula is C24H20Cl4N2O. The summed E-state index contributed by atoms with van der Waals surface area (Å²) in [4.78, 5) is 17.2. The summed E-state index contributed by atoms with van der Waals surface area (Å²) in [6.07, 6.45) is 0.315. The molecule has 1 aliphatic rings. The average molecular weight is 494 g/mol. The predicted octanol–water partition coefficient (Wildman–Crippen LogP) is 6.93. The summed E-state index contributed by atoms with van der Waals surface area (Å²) in [5.41, 5.74) is 2.87. The molecule has 1 amide bonds. The third kappa shape index (κ3) is 5.30. The van der Waals surface area contributed by atoms with Gasteiger partial charge >= 0.3 is 0 Å². The first-order chi connectivity index (χ1) is 14.9. The molecule has 0 spiro atoms. The fraction of sp³-hybridized carbons (Fsp3) is 0.208. The van der Waals surface area contributed by atoms with Crippen LogP contribution in [0.3, 0.4) is 0 Å². The molecule has 0 radical (unpaired) electrons. The highest BCUT2D eigenvalue weighted by Crippen LogP contribution is 2.37. The molecule has 1 atom stereocenters. The van der Waals surface area contributed by atoms with Crippen molar-refractivity contribution in [3.8, 4) is 0 Å². The minimum Gasteiger partial charge on any atom is -0.360 e. The van der Waals surface area contributed by atoms with Crippen molar-refractivity contribution in [1.29, 1.82) is 0 Å². The number of carbonyl (C=O) groups excluding carboxylic acids is 1. The summed E-state index contributed by atoms with van der Waals surface area (Å²) in [5, 5.41) is 2.48. The predicted molar refractivity (Wildman–Crippen MR) is 130 cm³/mol. The molecule has 0 saturated carbocycles. The van der Waals surface area contributed by atoms with E-state index in [1.165, 1.54) is 0 Å². The smallest absolute Gasteiger partial charge is 0.227 e. The van der Waals surface area contributed by atoms with Crippen molar-refractivity contribution in [3.63, 3.8) is 0 Å². The van der Waals surface area contributed by atoms with Crippen molar-refractivity contribution >= 4 is 58.0 Å². The number of amides is 1. The quantitative estimate of drug-likeness (QED) is 0.393. The third-order valence-corrected chi connectivity index (χ3v) is 6.48. The number of rotatable bonds is 4. The molecule has 1 heterocycles. The lowest BCUT2D eigenvalue weighted by Crippen LogP contribution is -2.51. The molecule has 4 rings (SSSR count). The van der Waals surface area contributed by atoms with Gasteiger partial charge in [-0.3, -0.25) is 4.79 Å². The number of nitrogens with zero attached hydrogens (tertiary/aromatic N) is 2. The van der Waals surface area contributed by atoms with Crippen LogP contribution in [0, 0.1) is 0 Å². The number of hydrogen-bond donors (Lipinski definition) is 0. The Kier molecular flexibility index (Phi) is 6.98. The lowest BCUT2D eigenvalue weighted by atomic mass is 10.0. The molecule has 0 aromatic heterocycles. The van der Waals surface area contributed by atoms with Crippen LogP contribution in [0.2, 0.25) is 20.1 Å². The standard InChI is InChI=1S/C24H20Cl4N2O/c25-18-6-4-17(5-7-18)23-15-29(24(31)13-16-2-1-3-19(26)12-16)10-11-30(23)22-9-8-20(27)14-21(22)28/h1-9,12,14,23H,10-11,13,15H2/t23-/m1/s1. The SMILES string of the molecule is O=C(Cc1cccc(Cl)c1)N1CCN(c2ccc(Cl)cc2Cl)[C@@H](c2ccc(Cl)cc2)C1. The van der Waals surface area contributed by atoms with Gasteiger partial charge < -0.3 is 9.80 Å². The third-order valence-electron chi connectivity index (χ3n) is 5.45. The van der Waals surface area contributed by atoms with E-state index in [1.54, 1.807) is 12.1 Å². The normalized spacial score (nSPS) is 16.5. The summed E-state index contributed by atoms with van der Waals surface area (Å²) in [6.45, 7) is 1.79. The van der Waals surface area contributed by atoms with Crippen LogP contribution in [-0.4, -0.2) is 30.4 Å². The number of piperazine rings is 1. The van der Waals surface area contributed by atoms with E-state index in [0.717, 1.165) is 16.8 Å².